The lowest BCUT2D eigenvalue weighted by molar-refractivity contribution is -0.144. The van der Waals surface area contributed by atoms with E-state index in [1.807, 2.05) is 0 Å². The van der Waals surface area contributed by atoms with Crippen molar-refractivity contribution in [2.75, 3.05) is 26.9 Å². The number of carbonyl (C=O) groups excluding carboxylic acids is 1. The summed E-state index contributed by atoms with van der Waals surface area (Å²) in [7, 11) is 1.47. The SMILES string of the molecule is COC(=O)CN(C1CCCC1)C1CCOCC1. The molecule has 0 aromatic carbocycles. The summed E-state index contributed by atoms with van der Waals surface area (Å²) < 4.78 is 10.2. The number of rotatable bonds is 4. The van der Waals surface area contributed by atoms with Crippen LogP contribution in [0.15, 0.2) is 0 Å². The molecule has 0 aromatic rings. The zero-order valence-corrected chi connectivity index (χ0v) is 10.7. The first kappa shape index (κ1) is 12.8. The fourth-order valence-electron chi connectivity index (χ4n) is 3.02. The van der Waals surface area contributed by atoms with Crippen molar-refractivity contribution in [3.63, 3.8) is 0 Å². The van der Waals surface area contributed by atoms with Crippen molar-refractivity contribution < 1.29 is 14.3 Å². The fourth-order valence-corrected chi connectivity index (χ4v) is 3.02. The van der Waals surface area contributed by atoms with Crippen LogP contribution in [0.4, 0.5) is 0 Å². The molecule has 0 spiro atoms. The number of hydrogen-bond acceptors (Lipinski definition) is 4. The molecule has 2 aliphatic rings. The minimum Gasteiger partial charge on any atom is -0.468 e. The predicted octanol–water partition coefficient (Wildman–Crippen LogP) is 1.58. The van der Waals surface area contributed by atoms with E-state index in [2.05, 4.69) is 4.90 Å². The Morgan fingerprint density at radius 2 is 1.76 bits per heavy atom. The van der Waals surface area contributed by atoms with Gasteiger partial charge in [0.05, 0.1) is 13.7 Å². The van der Waals surface area contributed by atoms with Crippen molar-refractivity contribution in [3.8, 4) is 0 Å². The van der Waals surface area contributed by atoms with E-state index >= 15 is 0 Å². The van der Waals surface area contributed by atoms with Gasteiger partial charge < -0.3 is 9.47 Å². The Bertz CT molecular complexity index is 245. The van der Waals surface area contributed by atoms with Crippen LogP contribution in [-0.4, -0.2) is 49.8 Å². The fraction of sp³-hybridized carbons (Fsp3) is 0.923. The molecule has 0 atom stereocenters. The smallest absolute Gasteiger partial charge is 0.319 e. The number of hydrogen-bond donors (Lipinski definition) is 0. The summed E-state index contributed by atoms with van der Waals surface area (Å²) in [6.07, 6.45) is 7.15. The Balaban J connectivity index is 1.96. The van der Waals surface area contributed by atoms with Crippen LogP contribution in [0.3, 0.4) is 0 Å². The van der Waals surface area contributed by atoms with Gasteiger partial charge in [-0.3, -0.25) is 9.69 Å². The second-order valence-corrected chi connectivity index (χ2v) is 5.03. The predicted molar refractivity (Wildman–Crippen MR) is 64.8 cm³/mol. The minimum atomic E-state index is -0.108. The second-order valence-electron chi connectivity index (χ2n) is 5.03. The highest BCUT2D eigenvalue weighted by Crippen LogP contribution is 2.27. The van der Waals surface area contributed by atoms with Crippen molar-refractivity contribution in [2.45, 2.75) is 50.6 Å². The Labute approximate surface area is 103 Å². The highest BCUT2D eigenvalue weighted by Gasteiger charge is 2.31. The van der Waals surface area contributed by atoms with Crippen LogP contribution in [0.25, 0.3) is 0 Å². The van der Waals surface area contributed by atoms with Gasteiger partial charge in [-0.05, 0) is 25.7 Å². The Morgan fingerprint density at radius 1 is 1.18 bits per heavy atom. The first-order valence-corrected chi connectivity index (χ1v) is 6.71. The van der Waals surface area contributed by atoms with E-state index in [9.17, 15) is 4.79 Å². The standard InChI is InChI=1S/C13H23NO3/c1-16-13(15)10-14(11-4-2-3-5-11)12-6-8-17-9-7-12/h11-12H,2-10H2,1H3. The lowest BCUT2D eigenvalue weighted by Crippen LogP contribution is -2.47. The molecular formula is C13H23NO3. The molecule has 0 N–H and O–H groups in total. The van der Waals surface area contributed by atoms with Gasteiger partial charge in [0.15, 0.2) is 0 Å². The minimum absolute atomic E-state index is 0.108. The summed E-state index contributed by atoms with van der Waals surface area (Å²) in [4.78, 5) is 13.9. The van der Waals surface area contributed by atoms with Gasteiger partial charge in [0.1, 0.15) is 0 Å². The van der Waals surface area contributed by atoms with Crippen LogP contribution >= 0.6 is 0 Å². The molecule has 0 amide bonds. The zero-order valence-electron chi connectivity index (χ0n) is 10.7. The molecule has 17 heavy (non-hydrogen) atoms. The molecule has 2 fully saturated rings. The summed E-state index contributed by atoms with van der Waals surface area (Å²) in [5.41, 5.74) is 0. The molecular weight excluding hydrogens is 218 g/mol. The number of ether oxygens (including phenoxy) is 2. The number of nitrogens with zero attached hydrogens (tertiary/aromatic N) is 1. The highest BCUT2D eigenvalue weighted by atomic mass is 16.5. The molecule has 1 aliphatic carbocycles. The van der Waals surface area contributed by atoms with Gasteiger partial charge >= 0.3 is 5.97 Å². The van der Waals surface area contributed by atoms with E-state index in [1.54, 1.807) is 0 Å². The maximum absolute atomic E-state index is 11.5. The van der Waals surface area contributed by atoms with Gasteiger partial charge in [0.25, 0.3) is 0 Å². The Morgan fingerprint density at radius 3 is 2.35 bits per heavy atom. The number of carbonyl (C=O) groups is 1. The highest BCUT2D eigenvalue weighted by molar-refractivity contribution is 5.71. The van der Waals surface area contributed by atoms with Gasteiger partial charge in [-0.15, -0.1) is 0 Å². The topological polar surface area (TPSA) is 38.8 Å². The van der Waals surface area contributed by atoms with Crippen molar-refractivity contribution in [2.24, 2.45) is 0 Å². The lowest BCUT2D eigenvalue weighted by atomic mass is 10.0. The molecule has 98 valence electrons. The van der Waals surface area contributed by atoms with Gasteiger partial charge in [0, 0.05) is 25.3 Å². The van der Waals surface area contributed by atoms with E-state index in [0.717, 1.165) is 26.1 Å². The molecule has 2 rings (SSSR count). The second kappa shape index (κ2) is 6.36. The quantitative estimate of drug-likeness (QED) is 0.701. The monoisotopic (exact) mass is 241 g/mol. The summed E-state index contributed by atoms with van der Waals surface area (Å²) in [5, 5.41) is 0. The van der Waals surface area contributed by atoms with Crippen LogP contribution in [-0.2, 0) is 14.3 Å². The molecule has 1 saturated heterocycles. The average molecular weight is 241 g/mol. The first-order valence-electron chi connectivity index (χ1n) is 6.71. The van der Waals surface area contributed by atoms with Crippen molar-refractivity contribution >= 4 is 5.97 Å². The van der Waals surface area contributed by atoms with Crippen LogP contribution < -0.4 is 0 Å². The van der Waals surface area contributed by atoms with Crippen LogP contribution in [0.5, 0.6) is 0 Å². The summed E-state index contributed by atoms with van der Waals surface area (Å²) in [6.45, 7) is 2.11. The summed E-state index contributed by atoms with van der Waals surface area (Å²) >= 11 is 0. The molecule has 1 aliphatic heterocycles. The Hall–Kier alpha value is -0.610. The van der Waals surface area contributed by atoms with Crippen LogP contribution in [0, 0.1) is 0 Å². The molecule has 1 saturated carbocycles. The van der Waals surface area contributed by atoms with Crippen molar-refractivity contribution in [3.05, 3.63) is 0 Å². The van der Waals surface area contributed by atoms with Crippen LogP contribution in [0.2, 0.25) is 0 Å². The van der Waals surface area contributed by atoms with Crippen molar-refractivity contribution in [1.82, 2.24) is 4.90 Å². The third-order valence-electron chi connectivity index (χ3n) is 3.99. The van der Waals surface area contributed by atoms with E-state index < -0.39 is 0 Å². The molecule has 1 heterocycles. The van der Waals surface area contributed by atoms with E-state index in [1.165, 1.54) is 32.8 Å². The van der Waals surface area contributed by atoms with Gasteiger partial charge in [-0.1, -0.05) is 12.8 Å². The molecule has 0 unspecified atom stereocenters. The molecule has 0 aromatic heterocycles. The summed E-state index contributed by atoms with van der Waals surface area (Å²) in [5.74, 6) is -0.108. The molecule has 4 nitrogen and oxygen atoms in total. The lowest BCUT2D eigenvalue weighted by Gasteiger charge is -2.37. The van der Waals surface area contributed by atoms with E-state index in [-0.39, 0.29) is 5.97 Å². The number of esters is 1. The largest absolute Gasteiger partial charge is 0.468 e. The Kier molecular flexibility index (Phi) is 4.80. The van der Waals surface area contributed by atoms with Gasteiger partial charge in [0.2, 0.25) is 0 Å². The summed E-state index contributed by atoms with van der Waals surface area (Å²) in [6, 6.07) is 1.09. The zero-order chi connectivity index (χ0) is 12.1. The van der Waals surface area contributed by atoms with Crippen molar-refractivity contribution in [1.29, 1.82) is 0 Å². The maximum Gasteiger partial charge on any atom is 0.319 e. The van der Waals surface area contributed by atoms with E-state index in [4.69, 9.17) is 9.47 Å². The third kappa shape index (κ3) is 3.42. The van der Waals surface area contributed by atoms with Gasteiger partial charge in [-0.2, -0.15) is 0 Å². The van der Waals surface area contributed by atoms with Crippen LogP contribution in [0.1, 0.15) is 38.5 Å². The molecule has 0 bridgehead atoms. The third-order valence-corrected chi connectivity index (χ3v) is 3.99. The molecule has 4 heteroatoms. The maximum atomic E-state index is 11.5. The normalized spacial score (nSPS) is 23.2. The van der Waals surface area contributed by atoms with E-state index in [0.29, 0.717) is 18.6 Å². The average Bonchev–Trinajstić information content (AvgIpc) is 2.90. The van der Waals surface area contributed by atoms with Gasteiger partial charge in [-0.25, -0.2) is 0 Å². The molecule has 0 radical (unpaired) electrons. The first-order chi connectivity index (χ1) is 8.31. The number of methoxy groups -OCH3 is 1.